The Balaban J connectivity index is 2.08. The molecule has 0 atom stereocenters. The third-order valence-corrected chi connectivity index (χ3v) is 6.80. The standard InChI is InChI=1S/C17H19NO4S2/c1-21-15-9-8-13(12-16(15)22-2)24(19,20)18-10-5-11-23-17-7-4-3-6-14(17)18/h3-4,6-9,12H,5,10-11H2,1-2H3. The highest BCUT2D eigenvalue weighted by atomic mass is 32.2. The first kappa shape index (κ1) is 17.0. The highest BCUT2D eigenvalue weighted by molar-refractivity contribution is 7.99. The topological polar surface area (TPSA) is 55.8 Å². The molecule has 0 N–H and O–H groups in total. The zero-order valence-electron chi connectivity index (χ0n) is 13.6. The van der Waals surface area contributed by atoms with Gasteiger partial charge in [-0.1, -0.05) is 12.1 Å². The lowest BCUT2D eigenvalue weighted by Crippen LogP contribution is -2.32. The van der Waals surface area contributed by atoms with Gasteiger partial charge < -0.3 is 9.47 Å². The first-order valence-electron chi connectivity index (χ1n) is 7.54. The van der Waals surface area contributed by atoms with E-state index in [1.807, 2.05) is 24.3 Å². The monoisotopic (exact) mass is 365 g/mol. The van der Waals surface area contributed by atoms with Crippen LogP contribution in [0.4, 0.5) is 5.69 Å². The number of sulfonamides is 1. The molecule has 0 radical (unpaired) electrons. The second-order valence-corrected chi connectivity index (χ2v) is 8.26. The van der Waals surface area contributed by atoms with Crippen molar-refractivity contribution in [2.24, 2.45) is 0 Å². The maximum absolute atomic E-state index is 13.2. The maximum Gasteiger partial charge on any atom is 0.264 e. The molecule has 0 saturated heterocycles. The minimum Gasteiger partial charge on any atom is -0.493 e. The van der Waals surface area contributed by atoms with Gasteiger partial charge in [-0.2, -0.15) is 0 Å². The van der Waals surface area contributed by atoms with Gasteiger partial charge in [0.1, 0.15) is 0 Å². The van der Waals surface area contributed by atoms with Crippen LogP contribution in [0.5, 0.6) is 11.5 Å². The van der Waals surface area contributed by atoms with E-state index in [2.05, 4.69) is 0 Å². The average Bonchev–Trinajstić information content (AvgIpc) is 2.84. The molecule has 1 heterocycles. The van der Waals surface area contributed by atoms with E-state index < -0.39 is 10.0 Å². The minimum atomic E-state index is -3.67. The van der Waals surface area contributed by atoms with Gasteiger partial charge in [-0.15, -0.1) is 11.8 Å². The molecule has 1 aliphatic rings. The van der Waals surface area contributed by atoms with Crippen LogP contribution < -0.4 is 13.8 Å². The van der Waals surface area contributed by atoms with Crippen molar-refractivity contribution in [2.45, 2.75) is 16.2 Å². The van der Waals surface area contributed by atoms with E-state index >= 15 is 0 Å². The molecule has 128 valence electrons. The molecule has 0 fully saturated rings. The van der Waals surface area contributed by atoms with E-state index in [4.69, 9.17) is 9.47 Å². The molecule has 5 nitrogen and oxygen atoms in total. The van der Waals surface area contributed by atoms with Crippen LogP contribution in [-0.4, -0.2) is 34.9 Å². The lowest BCUT2D eigenvalue weighted by atomic mass is 10.3. The number of para-hydroxylation sites is 1. The van der Waals surface area contributed by atoms with E-state index in [1.54, 1.807) is 23.9 Å². The zero-order valence-corrected chi connectivity index (χ0v) is 15.2. The number of ether oxygens (including phenoxy) is 2. The van der Waals surface area contributed by atoms with Crippen LogP contribution in [0.3, 0.4) is 0 Å². The molecule has 0 saturated carbocycles. The molecule has 3 rings (SSSR count). The summed E-state index contributed by atoms with van der Waals surface area (Å²) in [4.78, 5) is 1.18. The summed E-state index contributed by atoms with van der Waals surface area (Å²) in [7, 11) is -0.658. The smallest absolute Gasteiger partial charge is 0.264 e. The molecule has 1 aliphatic heterocycles. The maximum atomic E-state index is 13.2. The van der Waals surface area contributed by atoms with Gasteiger partial charge in [0.2, 0.25) is 0 Å². The molecule has 0 amide bonds. The van der Waals surface area contributed by atoms with Crippen LogP contribution in [-0.2, 0) is 10.0 Å². The highest BCUT2D eigenvalue weighted by Gasteiger charge is 2.29. The fourth-order valence-electron chi connectivity index (χ4n) is 2.65. The minimum absolute atomic E-state index is 0.196. The largest absolute Gasteiger partial charge is 0.493 e. The molecule has 2 aromatic carbocycles. The first-order chi connectivity index (χ1) is 11.6. The summed E-state index contributed by atoms with van der Waals surface area (Å²) in [5.74, 6) is 1.80. The third-order valence-electron chi connectivity index (χ3n) is 3.84. The summed E-state index contributed by atoms with van der Waals surface area (Å²) in [5, 5.41) is 0. The van der Waals surface area contributed by atoms with E-state index in [1.165, 1.54) is 24.6 Å². The lowest BCUT2D eigenvalue weighted by Gasteiger charge is -2.24. The van der Waals surface area contributed by atoms with Gasteiger partial charge in [0, 0.05) is 17.5 Å². The van der Waals surface area contributed by atoms with Crippen molar-refractivity contribution in [3.05, 3.63) is 42.5 Å². The van der Waals surface area contributed by atoms with Crippen LogP contribution in [0.1, 0.15) is 6.42 Å². The van der Waals surface area contributed by atoms with Gasteiger partial charge in [0.15, 0.2) is 11.5 Å². The van der Waals surface area contributed by atoms with Crippen molar-refractivity contribution in [3.8, 4) is 11.5 Å². The molecule has 24 heavy (non-hydrogen) atoms. The SMILES string of the molecule is COc1ccc(S(=O)(=O)N2CCCSc3ccccc32)cc1OC. The quantitative estimate of drug-likeness (QED) is 0.831. The van der Waals surface area contributed by atoms with Crippen LogP contribution >= 0.6 is 11.8 Å². The number of nitrogens with zero attached hydrogens (tertiary/aromatic N) is 1. The Morgan fingerprint density at radius 1 is 1.04 bits per heavy atom. The molecule has 0 bridgehead atoms. The normalized spacial score (nSPS) is 14.7. The second-order valence-electron chi connectivity index (χ2n) is 5.26. The van der Waals surface area contributed by atoms with Gasteiger partial charge in [0.05, 0.1) is 24.8 Å². The van der Waals surface area contributed by atoms with Gasteiger partial charge in [-0.25, -0.2) is 8.42 Å². The Labute approximate surface area is 146 Å². The number of rotatable bonds is 4. The summed E-state index contributed by atoms with van der Waals surface area (Å²) in [6.45, 7) is 0.459. The van der Waals surface area contributed by atoms with E-state index in [9.17, 15) is 8.42 Å². The molecule has 0 aliphatic carbocycles. The number of hydrogen-bond donors (Lipinski definition) is 0. The molecular formula is C17H19NO4S2. The predicted octanol–water partition coefficient (Wildman–Crippen LogP) is 3.39. The second kappa shape index (κ2) is 6.94. The third kappa shape index (κ3) is 3.06. The Morgan fingerprint density at radius 3 is 2.54 bits per heavy atom. The Hall–Kier alpha value is -1.86. The number of thioether (sulfide) groups is 1. The molecule has 0 spiro atoms. The van der Waals surface area contributed by atoms with Crippen molar-refractivity contribution in [1.82, 2.24) is 0 Å². The number of benzene rings is 2. The number of hydrogen-bond acceptors (Lipinski definition) is 5. The molecular weight excluding hydrogens is 346 g/mol. The van der Waals surface area contributed by atoms with Gasteiger partial charge >= 0.3 is 0 Å². The van der Waals surface area contributed by atoms with Crippen molar-refractivity contribution in [1.29, 1.82) is 0 Å². The number of methoxy groups -OCH3 is 2. The summed E-state index contributed by atoms with van der Waals surface area (Å²) >= 11 is 1.69. The van der Waals surface area contributed by atoms with E-state index in [0.29, 0.717) is 18.0 Å². The van der Waals surface area contributed by atoms with Crippen LogP contribution in [0.2, 0.25) is 0 Å². The van der Waals surface area contributed by atoms with Crippen molar-refractivity contribution >= 4 is 27.5 Å². The average molecular weight is 365 g/mol. The zero-order chi connectivity index (χ0) is 17.2. The van der Waals surface area contributed by atoms with E-state index in [-0.39, 0.29) is 4.90 Å². The fraction of sp³-hybridized carbons (Fsp3) is 0.294. The predicted molar refractivity (Wildman–Crippen MR) is 95.9 cm³/mol. The molecule has 7 heteroatoms. The summed E-state index contributed by atoms with van der Waals surface area (Å²) in [6.07, 6.45) is 0.797. The highest BCUT2D eigenvalue weighted by Crippen LogP contribution is 2.38. The van der Waals surface area contributed by atoms with Crippen molar-refractivity contribution < 1.29 is 17.9 Å². The van der Waals surface area contributed by atoms with Crippen LogP contribution in [0.15, 0.2) is 52.3 Å². The molecule has 0 unspecified atom stereocenters. The van der Waals surface area contributed by atoms with Crippen molar-refractivity contribution in [2.75, 3.05) is 30.8 Å². The lowest BCUT2D eigenvalue weighted by molar-refractivity contribution is 0.354. The van der Waals surface area contributed by atoms with Gasteiger partial charge in [0.25, 0.3) is 10.0 Å². The van der Waals surface area contributed by atoms with E-state index in [0.717, 1.165) is 22.8 Å². The Kier molecular flexibility index (Phi) is 4.91. The molecule has 0 aromatic heterocycles. The number of fused-ring (bicyclic) bond motifs is 1. The Bertz CT molecular complexity index is 836. The summed E-state index contributed by atoms with van der Waals surface area (Å²) in [5.41, 5.74) is 0.731. The summed E-state index contributed by atoms with van der Waals surface area (Å²) in [6, 6.07) is 12.3. The van der Waals surface area contributed by atoms with Gasteiger partial charge in [-0.05, 0) is 36.4 Å². The summed E-state index contributed by atoms with van der Waals surface area (Å²) < 4.78 is 38.3. The fourth-order valence-corrected chi connectivity index (χ4v) is 5.24. The van der Waals surface area contributed by atoms with Crippen LogP contribution in [0.25, 0.3) is 0 Å². The van der Waals surface area contributed by atoms with Gasteiger partial charge in [-0.3, -0.25) is 4.31 Å². The van der Waals surface area contributed by atoms with Crippen LogP contribution in [0, 0.1) is 0 Å². The molecule has 2 aromatic rings. The number of anilines is 1. The Morgan fingerprint density at radius 2 is 1.79 bits per heavy atom. The first-order valence-corrected chi connectivity index (χ1v) is 9.97. The van der Waals surface area contributed by atoms with Crippen molar-refractivity contribution in [3.63, 3.8) is 0 Å².